The summed E-state index contributed by atoms with van der Waals surface area (Å²) in [6, 6.07) is 6.14. The van der Waals surface area contributed by atoms with Crippen molar-refractivity contribution >= 4 is 0 Å². The lowest BCUT2D eigenvalue weighted by atomic mass is 9.43. The van der Waals surface area contributed by atoms with Crippen molar-refractivity contribution in [3.8, 4) is 0 Å². The Bertz CT molecular complexity index is 586. The zero-order valence-corrected chi connectivity index (χ0v) is 13.3. The summed E-state index contributed by atoms with van der Waals surface area (Å²) in [5.74, 6) is 2.67. The second-order valence-electron chi connectivity index (χ2n) is 7.92. The molecule has 0 unspecified atom stereocenters. The number of benzene rings is 1. The van der Waals surface area contributed by atoms with Crippen molar-refractivity contribution in [1.82, 2.24) is 0 Å². The number of halogens is 3. The van der Waals surface area contributed by atoms with Gasteiger partial charge in [-0.15, -0.1) is 6.58 Å². The van der Waals surface area contributed by atoms with Gasteiger partial charge in [-0.1, -0.05) is 24.3 Å². The van der Waals surface area contributed by atoms with E-state index in [2.05, 4.69) is 6.58 Å². The van der Waals surface area contributed by atoms with Crippen LogP contribution in [0.1, 0.15) is 49.7 Å². The predicted molar refractivity (Wildman–Crippen MR) is 85.0 cm³/mol. The molecule has 0 heterocycles. The molecule has 4 aliphatic carbocycles. The number of allylic oxidation sites excluding steroid dienone is 1. The molecule has 23 heavy (non-hydrogen) atoms. The van der Waals surface area contributed by atoms with Crippen molar-refractivity contribution in [2.24, 2.45) is 23.7 Å². The van der Waals surface area contributed by atoms with E-state index in [9.17, 15) is 13.2 Å². The van der Waals surface area contributed by atoms with Crippen molar-refractivity contribution in [3.63, 3.8) is 0 Å². The first-order chi connectivity index (χ1) is 10.9. The van der Waals surface area contributed by atoms with Crippen LogP contribution in [0.25, 0.3) is 0 Å². The highest BCUT2D eigenvalue weighted by atomic mass is 19.4. The number of hydrogen-bond donors (Lipinski definition) is 0. The Morgan fingerprint density at radius 3 is 2.17 bits per heavy atom. The Morgan fingerprint density at radius 1 is 1.04 bits per heavy atom. The average Bonchev–Trinajstić information content (AvgIpc) is 2.50. The minimum Gasteiger partial charge on any atom is -0.166 e. The van der Waals surface area contributed by atoms with Crippen LogP contribution >= 0.6 is 0 Å². The molecule has 4 saturated carbocycles. The summed E-state index contributed by atoms with van der Waals surface area (Å²) in [6.45, 7) is 3.93. The summed E-state index contributed by atoms with van der Waals surface area (Å²) in [5, 5.41) is 0. The van der Waals surface area contributed by atoms with E-state index in [4.69, 9.17) is 0 Å². The minimum absolute atomic E-state index is 0.115. The summed E-state index contributed by atoms with van der Waals surface area (Å²) < 4.78 is 39.6. The van der Waals surface area contributed by atoms with Gasteiger partial charge in [0.25, 0.3) is 0 Å². The molecule has 1 aromatic carbocycles. The number of alkyl halides is 3. The highest BCUT2D eigenvalue weighted by Crippen LogP contribution is 2.64. The molecule has 3 heteroatoms. The summed E-state index contributed by atoms with van der Waals surface area (Å²) in [5.41, 5.74) is 0.282. The molecular formula is C20H23F3. The quantitative estimate of drug-likeness (QED) is 0.601. The van der Waals surface area contributed by atoms with E-state index in [0.29, 0.717) is 11.8 Å². The Kier molecular flexibility index (Phi) is 3.40. The van der Waals surface area contributed by atoms with E-state index in [-0.39, 0.29) is 5.41 Å². The van der Waals surface area contributed by atoms with Crippen molar-refractivity contribution in [3.05, 3.63) is 48.0 Å². The van der Waals surface area contributed by atoms with Crippen molar-refractivity contribution < 1.29 is 13.2 Å². The monoisotopic (exact) mass is 320 g/mol. The first-order valence-electron chi connectivity index (χ1n) is 8.72. The van der Waals surface area contributed by atoms with Crippen LogP contribution in [-0.4, -0.2) is 0 Å². The standard InChI is InChI=1S/C20H23F3/c1-2-6-19(15-4-3-5-16(12-15)20(21,22)23)17-8-13-7-14(10-17)11-18(19)9-13/h2-5,12-14,17-18H,1,6-11H2. The lowest BCUT2D eigenvalue weighted by Crippen LogP contribution is -2.55. The van der Waals surface area contributed by atoms with Gasteiger partial charge in [-0.3, -0.25) is 0 Å². The molecule has 0 amide bonds. The van der Waals surface area contributed by atoms with Crippen LogP contribution in [-0.2, 0) is 11.6 Å². The van der Waals surface area contributed by atoms with Gasteiger partial charge in [0.1, 0.15) is 0 Å². The van der Waals surface area contributed by atoms with Crippen LogP contribution in [0.5, 0.6) is 0 Å². The molecule has 0 saturated heterocycles. The van der Waals surface area contributed by atoms with Crippen molar-refractivity contribution in [2.45, 2.75) is 50.1 Å². The largest absolute Gasteiger partial charge is 0.416 e. The molecule has 1 aromatic rings. The molecule has 5 rings (SSSR count). The van der Waals surface area contributed by atoms with Crippen LogP contribution in [0.15, 0.2) is 36.9 Å². The highest BCUT2D eigenvalue weighted by molar-refractivity contribution is 5.36. The molecular weight excluding hydrogens is 297 g/mol. The maximum absolute atomic E-state index is 13.2. The fraction of sp³-hybridized carbons (Fsp3) is 0.600. The van der Waals surface area contributed by atoms with Gasteiger partial charge in [0.2, 0.25) is 0 Å². The zero-order valence-electron chi connectivity index (χ0n) is 13.3. The topological polar surface area (TPSA) is 0 Å². The average molecular weight is 320 g/mol. The molecule has 0 spiro atoms. The van der Waals surface area contributed by atoms with Gasteiger partial charge in [0.15, 0.2) is 0 Å². The van der Waals surface area contributed by atoms with Gasteiger partial charge >= 0.3 is 6.18 Å². The van der Waals surface area contributed by atoms with Crippen molar-refractivity contribution in [1.29, 1.82) is 0 Å². The van der Waals surface area contributed by atoms with Gasteiger partial charge in [0, 0.05) is 5.41 Å². The molecule has 0 aliphatic heterocycles. The first-order valence-corrected chi connectivity index (χ1v) is 8.72. The van der Waals surface area contributed by atoms with E-state index in [0.717, 1.165) is 23.8 Å². The second kappa shape index (κ2) is 5.12. The molecule has 0 radical (unpaired) electrons. The molecule has 4 aliphatic rings. The minimum atomic E-state index is -4.27. The van der Waals surface area contributed by atoms with Crippen LogP contribution in [0, 0.1) is 23.7 Å². The molecule has 0 N–H and O–H groups in total. The highest BCUT2D eigenvalue weighted by Gasteiger charge is 2.57. The van der Waals surface area contributed by atoms with Gasteiger partial charge in [-0.05, 0) is 73.8 Å². The van der Waals surface area contributed by atoms with Gasteiger partial charge in [-0.2, -0.15) is 13.2 Å². The number of hydrogen-bond acceptors (Lipinski definition) is 0. The lowest BCUT2D eigenvalue weighted by Gasteiger charge is -2.61. The molecule has 0 atom stereocenters. The van der Waals surface area contributed by atoms with Crippen LogP contribution < -0.4 is 0 Å². The summed E-state index contributed by atoms with van der Waals surface area (Å²) in [6.07, 6.45) is 4.59. The molecule has 0 aromatic heterocycles. The third-order valence-corrected chi connectivity index (χ3v) is 6.80. The maximum Gasteiger partial charge on any atom is 0.416 e. The Morgan fingerprint density at radius 2 is 1.65 bits per heavy atom. The summed E-state index contributed by atoms with van der Waals surface area (Å²) in [4.78, 5) is 0. The summed E-state index contributed by atoms with van der Waals surface area (Å²) >= 11 is 0. The SMILES string of the molecule is C=CCC1(c2cccc(C(F)(F)F)c2)C2CC3CC(C2)CC1C3. The van der Waals surface area contributed by atoms with Crippen LogP contribution in [0.3, 0.4) is 0 Å². The second-order valence-corrected chi connectivity index (χ2v) is 7.92. The summed E-state index contributed by atoms with van der Waals surface area (Å²) in [7, 11) is 0. The molecule has 124 valence electrons. The van der Waals surface area contributed by atoms with Gasteiger partial charge in [-0.25, -0.2) is 0 Å². The fourth-order valence-electron chi connectivity index (χ4n) is 6.17. The van der Waals surface area contributed by atoms with Crippen LogP contribution in [0.4, 0.5) is 13.2 Å². The Hall–Kier alpha value is -1.25. The molecule has 4 bridgehead atoms. The van der Waals surface area contributed by atoms with E-state index in [1.807, 2.05) is 12.1 Å². The van der Waals surface area contributed by atoms with Crippen LogP contribution in [0.2, 0.25) is 0 Å². The normalized spacial score (nSPS) is 38.7. The maximum atomic E-state index is 13.2. The zero-order chi connectivity index (χ0) is 16.2. The fourth-order valence-corrected chi connectivity index (χ4v) is 6.17. The van der Waals surface area contributed by atoms with E-state index in [1.165, 1.54) is 44.2 Å². The van der Waals surface area contributed by atoms with Gasteiger partial charge < -0.3 is 0 Å². The van der Waals surface area contributed by atoms with E-state index >= 15 is 0 Å². The van der Waals surface area contributed by atoms with Gasteiger partial charge in [0.05, 0.1) is 5.56 Å². The van der Waals surface area contributed by atoms with Crippen molar-refractivity contribution in [2.75, 3.05) is 0 Å². The Balaban J connectivity index is 1.81. The Labute approximate surface area is 135 Å². The van der Waals surface area contributed by atoms with E-state index in [1.54, 1.807) is 6.07 Å². The third-order valence-electron chi connectivity index (χ3n) is 6.80. The smallest absolute Gasteiger partial charge is 0.166 e. The number of rotatable bonds is 3. The van der Waals surface area contributed by atoms with E-state index < -0.39 is 11.7 Å². The third kappa shape index (κ3) is 2.27. The molecule has 0 nitrogen and oxygen atoms in total. The lowest BCUT2D eigenvalue weighted by molar-refractivity contribution is -0.137. The first kappa shape index (κ1) is 15.3. The molecule has 4 fully saturated rings. The predicted octanol–water partition coefficient (Wildman–Crippen LogP) is 5.98.